The van der Waals surface area contributed by atoms with Crippen LogP contribution in [0.15, 0.2) is 53.6 Å². The van der Waals surface area contributed by atoms with Crippen molar-refractivity contribution in [1.29, 1.82) is 5.26 Å². The van der Waals surface area contributed by atoms with Crippen LogP contribution in [0.25, 0.3) is 0 Å². The zero-order chi connectivity index (χ0) is 17.5. The number of nitrogens with zero attached hydrogens (tertiary/aromatic N) is 2. The highest BCUT2D eigenvalue weighted by Crippen LogP contribution is 2.13. The standard InChI is InChI=1S/C18H16FN3O2/c1-12(15-4-3-5-16(19)10-15)21-22-18(23)13(2)24-17-8-6-14(11-20)7-9-17/h3-10,13H,1-2H3,(H,22,23)/b21-12+. The topological polar surface area (TPSA) is 74.5 Å². The Morgan fingerprint density at radius 1 is 1.29 bits per heavy atom. The molecule has 0 aliphatic carbocycles. The van der Waals surface area contributed by atoms with Gasteiger partial charge in [0.2, 0.25) is 0 Å². The Kier molecular flexibility index (Phi) is 5.63. The molecule has 1 amide bonds. The summed E-state index contributed by atoms with van der Waals surface area (Å²) in [6.07, 6.45) is -0.776. The van der Waals surface area contributed by atoms with Gasteiger partial charge in [-0.2, -0.15) is 10.4 Å². The van der Waals surface area contributed by atoms with Crippen LogP contribution in [0.3, 0.4) is 0 Å². The molecule has 5 nitrogen and oxygen atoms in total. The molecule has 0 fully saturated rings. The largest absolute Gasteiger partial charge is 0.481 e. The Bertz CT molecular complexity index is 795. The van der Waals surface area contributed by atoms with E-state index in [0.717, 1.165) is 0 Å². The van der Waals surface area contributed by atoms with Crippen LogP contribution >= 0.6 is 0 Å². The van der Waals surface area contributed by atoms with E-state index in [2.05, 4.69) is 10.5 Å². The van der Waals surface area contributed by atoms with E-state index in [1.807, 2.05) is 6.07 Å². The second kappa shape index (κ2) is 7.88. The summed E-state index contributed by atoms with van der Waals surface area (Å²) in [6, 6.07) is 14.4. The zero-order valence-electron chi connectivity index (χ0n) is 13.3. The molecule has 0 aromatic heterocycles. The summed E-state index contributed by atoms with van der Waals surface area (Å²) < 4.78 is 18.7. The van der Waals surface area contributed by atoms with Crippen molar-refractivity contribution in [3.63, 3.8) is 0 Å². The molecule has 6 heteroatoms. The molecule has 0 radical (unpaired) electrons. The summed E-state index contributed by atoms with van der Waals surface area (Å²) in [6.45, 7) is 3.25. The fourth-order valence-electron chi connectivity index (χ4n) is 1.87. The number of hydrogen-bond donors (Lipinski definition) is 1. The van der Waals surface area contributed by atoms with E-state index in [1.165, 1.54) is 12.1 Å². The first-order valence-corrected chi connectivity index (χ1v) is 7.26. The Balaban J connectivity index is 1.95. The molecule has 122 valence electrons. The molecule has 0 aliphatic rings. The van der Waals surface area contributed by atoms with E-state index in [1.54, 1.807) is 50.2 Å². The first-order chi connectivity index (χ1) is 11.5. The van der Waals surface area contributed by atoms with Gasteiger partial charge in [-0.15, -0.1) is 0 Å². The predicted octanol–water partition coefficient (Wildman–Crippen LogP) is 3.01. The van der Waals surface area contributed by atoms with E-state index in [0.29, 0.717) is 22.6 Å². The van der Waals surface area contributed by atoms with E-state index < -0.39 is 12.0 Å². The number of carbonyl (C=O) groups excluding carboxylic acids is 1. The van der Waals surface area contributed by atoms with Gasteiger partial charge in [0.1, 0.15) is 11.6 Å². The third kappa shape index (κ3) is 4.65. The van der Waals surface area contributed by atoms with E-state index >= 15 is 0 Å². The normalized spacial score (nSPS) is 12.2. The molecule has 0 saturated carbocycles. The van der Waals surface area contributed by atoms with Gasteiger partial charge in [-0.05, 0) is 50.2 Å². The number of amides is 1. The summed E-state index contributed by atoms with van der Waals surface area (Å²) in [4.78, 5) is 12.0. The molecule has 1 atom stereocenters. The average Bonchev–Trinajstić information content (AvgIpc) is 2.60. The van der Waals surface area contributed by atoms with Crippen molar-refractivity contribution >= 4 is 11.6 Å². The monoisotopic (exact) mass is 325 g/mol. The number of hydrazone groups is 1. The maximum absolute atomic E-state index is 13.2. The van der Waals surface area contributed by atoms with E-state index in [9.17, 15) is 9.18 Å². The number of hydrogen-bond acceptors (Lipinski definition) is 4. The fourth-order valence-corrected chi connectivity index (χ4v) is 1.87. The third-order valence-corrected chi connectivity index (χ3v) is 3.24. The minimum absolute atomic E-state index is 0.370. The van der Waals surface area contributed by atoms with Gasteiger partial charge in [0.15, 0.2) is 6.10 Å². The van der Waals surface area contributed by atoms with Gasteiger partial charge >= 0.3 is 0 Å². The van der Waals surface area contributed by atoms with Crippen molar-refractivity contribution < 1.29 is 13.9 Å². The van der Waals surface area contributed by atoms with Crippen LogP contribution in [-0.4, -0.2) is 17.7 Å². The third-order valence-electron chi connectivity index (χ3n) is 3.24. The number of benzene rings is 2. The Morgan fingerprint density at radius 3 is 2.62 bits per heavy atom. The van der Waals surface area contributed by atoms with Crippen molar-refractivity contribution in [2.45, 2.75) is 20.0 Å². The molecule has 1 N–H and O–H groups in total. The smallest absolute Gasteiger partial charge is 0.280 e. The second-order valence-corrected chi connectivity index (χ2v) is 5.08. The van der Waals surface area contributed by atoms with E-state index in [4.69, 9.17) is 10.00 Å². The van der Waals surface area contributed by atoms with Crippen LogP contribution in [-0.2, 0) is 4.79 Å². The van der Waals surface area contributed by atoms with Gasteiger partial charge in [0, 0.05) is 5.56 Å². The van der Waals surface area contributed by atoms with Gasteiger partial charge in [-0.1, -0.05) is 12.1 Å². The first kappa shape index (κ1) is 17.2. The van der Waals surface area contributed by atoms with Crippen LogP contribution in [0.4, 0.5) is 4.39 Å². The molecule has 24 heavy (non-hydrogen) atoms. The van der Waals surface area contributed by atoms with Gasteiger partial charge in [0.05, 0.1) is 17.3 Å². The molecule has 0 heterocycles. The van der Waals surface area contributed by atoms with Gasteiger partial charge < -0.3 is 4.74 Å². The predicted molar refractivity (Wildman–Crippen MR) is 88.0 cm³/mol. The van der Waals surface area contributed by atoms with Crippen molar-refractivity contribution in [1.82, 2.24) is 5.43 Å². The van der Waals surface area contributed by atoms with Gasteiger partial charge in [-0.25, -0.2) is 9.82 Å². The molecule has 0 spiro atoms. The highest BCUT2D eigenvalue weighted by Gasteiger charge is 2.14. The summed E-state index contributed by atoms with van der Waals surface area (Å²) >= 11 is 0. The molecular weight excluding hydrogens is 309 g/mol. The van der Waals surface area contributed by atoms with Crippen LogP contribution < -0.4 is 10.2 Å². The van der Waals surface area contributed by atoms with Crippen molar-refractivity contribution in [3.05, 3.63) is 65.5 Å². The van der Waals surface area contributed by atoms with Crippen molar-refractivity contribution in [2.24, 2.45) is 5.10 Å². The van der Waals surface area contributed by atoms with Crippen molar-refractivity contribution in [3.8, 4) is 11.8 Å². The lowest BCUT2D eigenvalue weighted by Gasteiger charge is -2.13. The number of ether oxygens (including phenoxy) is 1. The summed E-state index contributed by atoms with van der Waals surface area (Å²) in [5, 5.41) is 12.7. The lowest BCUT2D eigenvalue weighted by atomic mass is 10.1. The number of halogens is 1. The van der Waals surface area contributed by atoms with Crippen LogP contribution in [0.1, 0.15) is 25.0 Å². The number of carbonyl (C=O) groups is 1. The maximum Gasteiger partial charge on any atom is 0.280 e. The van der Waals surface area contributed by atoms with E-state index in [-0.39, 0.29) is 5.82 Å². The fraction of sp³-hybridized carbons (Fsp3) is 0.167. The molecule has 0 bridgehead atoms. The number of nitriles is 1. The summed E-state index contributed by atoms with van der Waals surface area (Å²) in [5.74, 6) is -0.330. The number of rotatable bonds is 5. The average molecular weight is 325 g/mol. The summed E-state index contributed by atoms with van der Waals surface area (Å²) in [7, 11) is 0. The summed E-state index contributed by atoms with van der Waals surface area (Å²) in [5.41, 5.74) is 3.96. The van der Waals surface area contributed by atoms with Gasteiger partial charge in [-0.3, -0.25) is 4.79 Å². The Labute approximate surface area is 139 Å². The highest BCUT2D eigenvalue weighted by atomic mass is 19.1. The molecule has 2 rings (SSSR count). The molecule has 2 aromatic rings. The maximum atomic E-state index is 13.2. The van der Waals surface area contributed by atoms with Gasteiger partial charge in [0.25, 0.3) is 5.91 Å². The second-order valence-electron chi connectivity index (χ2n) is 5.08. The molecular formula is C18H16FN3O2. The minimum atomic E-state index is -0.776. The lowest BCUT2D eigenvalue weighted by molar-refractivity contribution is -0.127. The molecule has 0 saturated heterocycles. The minimum Gasteiger partial charge on any atom is -0.481 e. The highest BCUT2D eigenvalue weighted by molar-refractivity contribution is 5.99. The number of nitrogens with one attached hydrogen (secondary N) is 1. The quantitative estimate of drug-likeness (QED) is 0.678. The molecule has 0 aliphatic heterocycles. The van der Waals surface area contributed by atoms with Crippen LogP contribution in [0, 0.1) is 17.1 Å². The Morgan fingerprint density at radius 2 is 2.00 bits per heavy atom. The lowest BCUT2D eigenvalue weighted by Crippen LogP contribution is -2.33. The molecule has 1 unspecified atom stereocenters. The first-order valence-electron chi connectivity index (χ1n) is 7.26. The van der Waals surface area contributed by atoms with Crippen molar-refractivity contribution in [2.75, 3.05) is 0 Å². The molecule has 2 aromatic carbocycles. The SMILES string of the molecule is C/C(=N\NC(=O)C(C)Oc1ccc(C#N)cc1)c1cccc(F)c1. The van der Waals surface area contributed by atoms with Crippen LogP contribution in [0.5, 0.6) is 5.75 Å². The zero-order valence-corrected chi connectivity index (χ0v) is 13.3. The Hall–Kier alpha value is -3.20. The van der Waals surface area contributed by atoms with Crippen LogP contribution in [0.2, 0.25) is 0 Å².